The molecule has 5 rings (SSSR count). The lowest BCUT2D eigenvalue weighted by atomic mass is 9.85. The van der Waals surface area contributed by atoms with Crippen LogP contribution < -0.4 is 23.8 Å². The van der Waals surface area contributed by atoms with Crippen molar-refractivity contribution in [2.75, 3.05) is 38.5 Å². The molecule has 3 atom stereocenters. The monoisotopic (exact) mass is 634 g/mol. The molecule has 0 saturated carbocycles. The van der Waals surface area contributed by atoms with Crippen LogP contribution in [-0.4, -0.2) is 67.6 Å². The largest absolute Gasteiger partial charge is 0.493 e. The maximum atomic E-state index is 14.4. The summed E-state index contributed by atoms with van der Waals surface area (Å²) in [6.07, 6.45) is 3.32. The number of para-hydroxylation sites is 2. The van der Waals surface area contributed by atoms with Crippen LogP contribution in [0.2, 0.25) is 0 Å². The van der Waals surface area contributed by atoms with Crippen molar-refractivity contribution in [1.29, 1.82) is 0 Å². The maximum Gasteiger partial charge on any atom is 0.308 e. The van der Waals surface area contributed by atoms with Crippen molar-refractivity contribution in [1.82, 2.24) is 4.90 Å². The van der Waals surface area contributed by atoms with E-state index in [1.165, 1.54) is 6.07 Å². The standard InChI is InChI=1S/C36H43FN2O7/c1-5-9-25(10-6-2)39(26-14-15-28(37)23(3)17-26)34(40)20-38-19-27(24-13-16-32-33(18-24)46-22-45-32)35(36(41)42)29(38)21-44-31-12-8-7-11-30(31)43-4/h7-8,11-18,25,27,29,35H,5-6,9-10,19-22H2,1-4H3,(H,41,42)/t27-,29+,35?/m1/s1. The highest BCUT2D eigenvalue weighted by atomic mass is 19.1. The number of aryl methyl sites for hydroxylation is 1. The predicted molar refractivity (Wildman–Crippen MR) is 173 cm³/mol. The number of aliphatic carboxylic acids is 1. The molecule has 3 aromatic rings. The topological polar surface area (TPSA) is 97.8 Å². The van der Waals surface area contributed by atoms with Crippen molar-refractivity contribution in [3.63, 3.8) is 0 Å². The molecule has 1 amide bonds. The zero-order chi connectivity index (χ0) is 32.8. The summed E-state index contributed by atoms with van der Waals surface area (Å²) >= 11 is 0. The molecule has 0 spiro atoms. The molecule has 2 aliphatic rings. The van der Waals surface area contributed by atoms with Gasteiger partial charge in [0, 0.05) is 24.2 Å². The maximum absolute atomic E-state index is 14.4. The zero-order valence-electron chi connectivity index (χ0n) is 26.9. The SMILES string of the molecule is CCCC(CCC)N(C(=O)CN1C[C@H](c2ccc3c(c2)OCO3)C(C(=O)O)[C@@H]1COc1ccccc1OC)c1ccc(F)c(C)c1. The Hall–Kier alpha value is -4.31. The molecule has 46 heavy (non-hydrogen) atoms. The molecule has 1 N–H and O–H groups in total. The summed E-state index contributed by atoms with van der Waals surface area (Å²) in [4.78, 5) is 31.1. The average Bonchev–Trinajstić information content (AvgIpc) is 3.66. The second-order valence-electron chi connectivity index (χ2n) is 12.0. The minimum Gasteiger partial charge on any atom is -0.493 e. The lowest BCUT2D eigenvalue weighted by molar-refractivity contribution is -0.143. The van der Waals surface area contributed by atoms with Gasteiger partial charge in [-0.1, -0.05) is 44.9 Å². The Kier molecular flexibility index (Phi) is 10.7. The number of halogens is 1. The smallest absolute Gasteiger partial charge is 0.308 e. The van der Waals surface area contributed by atoms with Gasteiger partial charge in [0.15, 0.2) is 23.0 Å². The molecule has 0 bridgehead atoms. The van der Waals surface area contributed by atoms with Gasteiger partial charge >= 0.3 is 5.97 Å². The first kappa shape index (κ1) is 33.1. The molecule has 9 nitrogen and oxygen atoms in total. The zero-order valence-corrected chi connectivity index (χ0v) is 26.9. The number of ether oxygens (including phenoxy) is 4. The van der Waals surface area contributed by atoms with Crippen LogP contribution in [0.3, 0.4) is 0 Å². The summed E-state index contributed by atoms with van der Waals surface area (Å²) in [7, 11) is 1.55. The number of methoxy groups -OCH3 is 1. The van der Waals surface area contributed by atoms with Gasteiger partial charge in [-0.2, -0.15) is 0 Å². The Morgan fingerprint density at radius 1 is 1.02 bits per heavy atom. The van der Waals surface area contributed by atoms with E-state index in [4.69, 9.17) is 18.9 Å². The summed E-state index contributed by atoms with van der Waals surface area (Å²) in [5, 5.41) is 10.6. The minimum atomic E-state index is -0.980. The van der Waals surface area contributed by atoms with Gasteiger partial charge in [0.2, 0.25) is 12.7 Å². The summed E-state index contributed by atoms with van der Waals surface area (Å²) in [5.41, 5.74) is 1.88. The molecular weight excluding hydrogens is 591 g/mol. The van der Waals surface area contributed by atoms with E-state index in [0.29, 0.717) is 40.8 Å². The van der Waals surface area contributed by atoms with Crippen molar-refractivity contribution >= 4 is 17.6 Å². The number of benzene rings is 3. The highest BCUT2D eigenvalue weighted by Crippen LogP contribution is 2.42. The molecule has 0 aliphatic carbocycles. The van der Waals surface area contributed by atoms with E-state index in [9.17, 15) is 19.1 Å². The van der Waals surface area contributed by atoms with Gasteiger partial charge in [0.25, 0.3) is 0 Å². The number of carbonyl (C=O) groups excluding carboxylic acids is 1. The van der Waals surface area contributed by atoms with Crippen LogP contribution in [0.5, 0.6) is 23.0 Å². The summed E-state index contributed by atoms with van der Waals surface area (Å²) in [5.74, 6) is -0.618. The molecule has 3 aromatic carbocycles. The third kappa shape index (κ3) is 7.07. The van der Waals surface area contributed by atoms with Crippen LogP contribution in [-0.2, 0) is 9.59 Å². The Balaban J connectivity index is 1.50. The highest BCUT2D eigenvalue weighted by Gasteiger charge is 2.48. The van der Waals surface area contributed by atoms with Gasteiger partial charge in [-0.15, -0.1) is 0 Å². The van der Waals surface area contributed by atoms with E-state index in [-0.39, 0.29) is 37.7 Å². The third-order valence-corrected chi connectivity index (χ3v) is 8.97. The molecule has 1 saturated heterocycles. The van der Waals surface area contributed by atoms with E-state index >= 15 is 0 Å². The van der Waals surface area contributed by atoms with E-state index in [2.05, 4.69) is 13.8 Å². The number of carboxylic acid groups (broad SMARTS) is 1. The normalized spacial score (nSPS) is 19.0. The predicted octanol–water partition coefficient (Wildman–Crippen LogP) is 6.42. The number of anilines is 1. The number of carboxylic acids is 1. The molecule has 1 unspecified atom stereocenters. The molecule has 2 aliphatic heterocycles. The van der Waals surface area contributed by atoms with Crippen LogP contribution in [0.25, 0.3) is 0 Å². The first-order valence-electron chi connectivity index (χ1n) is 16.0. The lowest BCUT2D eigenvalue weighted by Gasteiger charge is -2.35. The number of rotatable bonds is 14. The first-order valence-corrected chi connectivity index (χ1v) is 16.0. The number of fused-ring (bicyclic) bond motifs is 1. The Bertz CT molecular complexity index is 1530. The Morgan fingerprint density at radius 2 is 1.74 bits per heavy atom. The molecular formula is C36H43FN2O7. The molecule has 1 fully saturated rings. The van der Waals surface area contributed by atoms with Gasteiger partial charge in [0.1, 0.15) is 12.4 Å². The van der Waals surface area contributed by atoms with Gasteiger partial charge in [-0.3, -0.25) is 14.5 Å². The number of hydrogen-bond acceptors (Lipinski definition) is 7. The first-order chi connectivity index (χ1) is 22.2. The summed E-state index contributed by atoms with van der Waals surface area (Å²) in [6, 6.07) is 16.7. The van der Waals surface area contributed by atoms with E-state index in [1.807, 2.05) is 29.2 Å². The molecule has 0 radical (unpaired) electrons. The molecule has 2 heterocycles. The lowest BCUT2D eigenvalue weighted by Crippen LogP contribution is -2.49. The summed E-state index contributed by atoms with van der Waals surface area (Å²) in [6.45, 7) is 6.26. The second kappa shape index (κ2) is 14.9. The van der Waals surface area contributed by atoms with Gasteiger partial charge < -0.3 is 29.0 Å². The van der Waals surface area contributed by atoms with Crippen LogP contribution >= 0.6 is 0 Å². The van der Waals surface area contributed by atoms with E-state index in [1.54, 1.807) is 49.3 Å². The fraction of sp³-hybridized carbons (Fsp3) is 0.444. The van der Waals surface area contributed by atoms with Crippen molar-refractivity contribution in [2.24, 2.45) is 5.92 Å². The van der Waals surface area contributed by atoms with Crippen molar-refractivity contribution in [3.8, 4) is 23.0 Å². The van der Waals surface area contributed by atoms with Crippen LogP contribution in [0, 0.1) is 18.7 Å². The van der Waals surface area contributed by atoms with Crippen LogP contribution in [0.15, 0.2) is 60.7 Å². The number of amides is 1. The van der Waals surface area contributed by atoms with Crippen LogP contribution in [0.4, 0.5) is 10.1 Å². The van der Waals surface area contributed by atoms with Gasteiger partial charge in [-0.05, 0) is 73.4 Å². The van der Waals surface area contributed by atoms with Gasteiger partial charge in [-0.25, -0.2) is 4.39 Å². The number of likely N-dealkylation sites (tertiary alicyclic amines) is 1. The average molecular weight is 635 g/mol. The fourth-order valence-corrected chi connectivity index (χ4v) is 6.75. The van der Waals surface area contributed by atoms with E-state index in [0.717, 1.165) is 31.2 Å². The molecule has 0 aromatic heterocycles. The number of hydrogen-bond donors (Lipinski definition) is 1. The number of nitrogens with zero attached hydrogens (tertiary/aromatic N) is 2. The van der Waals surface area contributed by atoms with Crippen molar-refractivity contribution in [3.05, 3.63) is 77.6 Å². The van der Waals surface area contributed by atoms with Crippen LogP contribution in [0.1, 0.15) is 56.6 Å². The molecule has 10 heteroatoms. The number of carbonyl (C=O) groups is 2. The van der Waals surface area contributed by atoms with Crippen molar-refractivity contribution < 1.29 is 38.0 Å². The quantitative estimate of drug-likeness (QED) is 0.217. The van der Waals surface area contributed by atoms with E-state index < -0.39 is 23.8 Å². The van der Waals surface area contributed by atoms with Crippen molar-refractivity contribution in [2.45, 2.75) is 64.5 Å². The minimum absolute atomic E-state index is 0.0225. The highest BCUT2D eigenvalue weighted by molar-refractivity contribution is 5.95. The second-order valence-corrected chi connectivity index (χ2v) is 12.0. The third-order valence-electron chi connectivity index (χ3n) is 8.97. The Labute approximate surface area is 269 Å². The fourth-order valence-electron chi connectivity index (χ4n) is 6.75. The summed E-state index contributed by atoms with van der Waals surface area (Å²) < 4.78 is 37.1. The Morgan fingerprint density at radius 3 is 2.41 bits per heavy atom. The molecule has 246 valence electrons. The van der Waals surface area contributed by atoms with Gasteiger partial charge in [0.05, 0.1) is 25.6 Å².